The van der Waals surface area contributed by atoms with Crippen LogP contribution in [0.4, 0.5) is 5.95 Å². The van der Waals surface area contributed by atoms with Gasteiger partial charge in [-0.2, -0.15) is 0 Å². The fraction of sp³-hybridized carbons (Fsp3) is 0.625. The van der Waals surface area contributed by atoms with Gasteiger partial charge in [-0.15, -0.1) is 0 Å². The van der Waals surface area contributed by atoms with Crippen molar-refractivity contribution in [3.05, 3.63) is 11.9 Å². The van der Waals surface area contributed by atoms with Crippen LogP contribution >= 0.6 is 7.82 Å². The van der Waals surface area contributed by atoms with Crippen LogP contribution in [-0.4, -0.2) is 64.9 Å². The lowest BCUT2D eigenvalue weighted by atomic mass is 10.1. The number of nitrogens with two attached hydrogens (primary N) is 1. The highest BCUT2D eigenvalue weighted by atomic mass is 31.2. The number of hydrogen-bond acceptors (Lipinski definition) is 7. The van der Waals surface area contributed by atoms with Crippen LogP contribution in [0.15, 0.2) is 6.20 Å². The van der Waals surface area contributed by atoms with Crippen molar-refractivity contribution in [1.82, 2.24) is 9.97 Å². The van der Waals surface area contributed by atoms with Gasteiger partial charge in [0.2, 0.25) is 0 Å². The summed E-state index contributed by atoms with van der Waals surface area (Å²) in [6.45, 7) is -0.349. The Kier molecular flexibility index (Phi) is 5.62. The molecule has 1 aromatic rings. The van der Waals surface area contributed by atoms with E-state index in [1.165, 1.54) is 6.20 Å². The monoisotopic (exact) mass is 313 g/mol. The van der Waals surface area contributed by atoms with Crippen molar-refractivity contribution in [3.8, 4) is 0 Å². The maximum Gasteiger partial charge on any atom is 0.466 e. The van der Waals surface area contributed by atoms with Crippen molar-refractivity contribution in [3.63, 3.8) is 0 Å². The number of anilines is 1. The lowest BCUT2D eigenvalue weighted by Crippen LogP contribution is -2.32. The number of rotatable bonds is 2. The molecule has 1 aliphatic rings. The van der Waals surface area contributed by atoms with Gasteiger partial charge in [-0.25, -0.2) is 9.55 Å². The van der Waals surface area contributed by atoms with Crippen molar-refractivity contribution >= 4 is 13.8 Å². The number of nitrogens with zero attached hydrogens (tertiary/aromatic N) is 1. The normalized spacial score (nSPS) is 29.9. The number of nitrogens with one attached hydrogen (secondary N) is 1. The molecule has 0 amide bonds. The molecule has 20 heavy (non-hydrogen) atoms. The molecule has 0 radical (unpaired) electrons. The van der Waals surface area contributed by atoms with Gasteiger partial charge in [-0.3, -0.25) is 0 Å². The summed E-state index contributed by atoms with van der Waals surface area (Å²) >= 11 is 0. The van der Waals surface area contributed by atoms with E-state index in [9.17, 15) is 10.2 Å². The van der Waals surface area contributed by atoms with Crippen LogP contribution in [0.3, 0.4) is 0 Å². The molecular weight excluding hydrogens is 297 g/mol. The summed E-state index contributed by atoms with van der Waals surface area (Å²) in [5, 5.41) is 28.0. The average molecular weight is 313 g/mol. The van der Waals surface area contributed by atoms with E-state index in [2.05, 4.69) is 9.97 Å². The van der Waals surface area contributed by atoms with Gasteiger partial charge in [0.05, 0.1) is 18.5 Å². The second-order valence-electron chi connectivity index (χ2n) is 4.00. The number of aliphatic hydroxyl groups excluding tert-OH is 3. The zero-order chi connectivity index (χ0) is 15.5. The third kappa shape index (κ3) is 4.81. The first-order valence-corrected chi connectivity index (χ1v) is 6.91. The lowest BCUT2D eigenvalue weighted by molar-refractivity contribution is -0.0238. The number of aromatic nitrogens is 2. The Morgan fingerprint density at radius 3 is 2.25 bits per heavy atom. The van der Waals surface area contributed by atoms with Crippen LogP contribution in [0.25, 0.3) is 0 Å². The Labute approximate surface area is 112 Å². The molecular formula is C8H16N3O8P. The molecule has 9 N–H and O–H groups in total. The first-order valence-electron chi connectivity index (χ1n) is 5.34. The number of ether oxygens (including phenoxy) is 1. The number of phosphoric acid groups is 1. The predicted octanol–water partition coefficient (Wildman–Crippen LogP) is -2.78. The molecule has 2 rings (SSSR count). The van der Waals surface area contributed by atoms with Gasteiger partial charge in [0.25, 0.3) is 0 Å². The van der Waals surface area contributed by atoms with Gasteiger partial charge in [0.15, 0.2) is 5.95 Å². The molecule has 0 aliphatic carbocycles. The number of nitrogen functional groups attached to an aromatic ring is 1. The molecule has 1 fully saturated rings. The van der Waals surface area contributed by atoms with Crippen molar-refractivity contribution in [2.45, 2.75) is 24.4 Å². The van der Waals surface area contributed by atoms with Crippen molar-refractivity contribution < 1.29 is 39.3 Å². The van der Waals surface area contributed by atoms with Crippen LogP contribution in [0.2, 0.25) is 0 Å². The number of imidazole rings is 1. The molecule has 0 spiro atoms. The highest BCUT2D eigenvalue weighted by Gasteiger charge is 2.43. The summed E-state index contributed by atoms with van der Waals surface area (Å²) < 4.78 is 14.1. The summed E-state index contributed by atoms with van der Waals surface area (Å²) in [4.78, 5) is 28.0. The number of aliphatic hydroxyl groups is 3. The summed E-state index contributed by atoms with van der Waals surface area (Å²) in [6, 6.07) is 0. The first kappa shape index (κ1) is 17.0. The van der Waals surface area contributed by atoms with Crippen LogP contribution in [0, 0.1) is 0 Å². The van der Waals surface area contributed by atoms with Crippen LogP contribution < -0.4 is 5.73 Å². The minimum Gasteiger partial charge on any atom is -0.394 e. The van der Waals surface area contributed by atoms with E-state index >= 15 is 0 Å². The Balaban J connectivity index is 0.000000347. The van der Waals surface area contributed by atoms with Crippen molar-refractivity contribution in [2.75, 3.05) is 12.3 Å². The third-order valence-corrected chi connectivity index (χ3v) is 2.46. The number of H-pyrrole nitrogens is 1. The SMILES string of the molecule is Nc1ncc(C2O[C@H](CO)[C@@H](O)[C@H]2O)[nH]1.O=P(O)(O)O. The minimum absolute atomic E-state index is 0.211. The van der Waals surface area contributed by atoms with E-state index in [0.717, 1.165) is 0 Å². The van der Waals surface area contributed by atoms with Gasteiger partial charge < -0.3 is 45.5 Å². The van der Waals surface area contributed by atoms with Crippen molar-refractivity contribution in [1.29, 1.82) is 0 Å². The molecule has 1 unspecified atom stereocenters. The summed E-state index contributed by atoms with van der Waals surface area (Å²) in [5.41, 5.74) is 5.86. The van der Waals surface area contributed by atoms with Gasteiger partial charge >= 0.3 is 7.82 Å². The molecule has 0 saturated carbocycles. The van der Waals surface area contributed by atoms with Gasteiger partial charge in [0.1, 0.15) is 24.4 Å². The van der Waals surface area contributed by atoms with E-state index in [0.29, 0.717) is 5.69 Å². The molecule has 11 nitrogen and oxygen atoms in total. The van der Waals surface area contributed by atoms with Crippen LogP contribution in [-0.2, 0) is 9.30 Å². The Hall–Kier alpha value is -1.04. The number of hydrogen-bond donors (Lipinski definition) is 8. The fourth-order valence-electron chi connectivity index (χ4n) is 1.65. The highest BCUT2D eigenvalue weighted by Crippen LogP contribution is 2.32. The summed E-state index contributed by atoms with van der Waals surface area (Å²) in [5.74, 6) is 0.211. The molecule has 1 aliphatic heterocycles. The van der Waals surface area contributed by atoms with Gasteiger partial charge in [-0.05, 0) is 0 Å². The maximum atomic E-state index is 9.65. The van der Waals surface area contributed by atoms with E-state index in [4.69, 9.17) is 34.8 Å². The van der Waals surface area contributed by atoms with Crippen molar-refractivity contribution in [2.24, 2.45) is 0 Å². The fourth-order valence-corrected chi connectivity index (χ4v) is 1.65. The van der Waals surface area contributed by atoms with Gasteiger partial charge in [0, 0.05) is 0 Å². The quantitative estimate of drug-likeness (QED) is 0.264. The predicted molar refractivity (Wildman–Crippen MR) is 64.0 cm³/mol. The molecule has 2 heterocycles. The molecule has 116 valence electrons. The number of aromatic amines is 1. The molecule has 0 aromatic carbocycles. The largest absolute Gasteiger partial charge is 0.466 e. The second kappa shape index (κ2) is 6.61. The smallest absolute Gasteiger partial charge is 0.394 e. The Morgan fingerprint density at radius 2 is 1.90 bits per heavy atom. The summed E-state index contributed by atoms with van der Waals surface area (Å²) in [6.07, 6.45) is -2.29. The third-order valence-electron chi connectivity index (χ3n) is 2.46. The van der Waals surface area contributed by atoms with Crippen LogP contribution in [0.1, 0.15) is 11.8 Å². The molecule has 0 bridgehead atoms. The average Bonchev–Trinajstić information content (AvgIpc) is 2.83. The van der Waals surface area contributed by atoms with Crippen LogP contribution in [0.5, 0.6) is 0 Å². The zero-order valence-electron chi connectivity index (χ0n) is 10.1. The Bertz CT molecular complexity index is 468. The second-order valence-corrected chi connectivity index (χ2v) is 5.02. The topological polar surface area (TPSA) is 202 Å². The summed E-state index contributed by atoms with van der Waals surface area (Å²) in [7, 11) is -4.64. The zero-order valence-corrected chi connectivity index (χ0v) is 11.0. The molecule has 12 heteroatoms. The van der Waals surface area contributed by atoms with E-state index in [-0.39, 0.29) is 12.6 Å². The maximum absolute atomic E-state index is 9.65. The minimum atomic E-state index is -4.64. The highest BCUT2D eigenvalue weighted by molar-refractivity contribution is 7.45. The standard InChI is InChI=1S/C8H13N3O4.H3O4P/c9-8-10-1-3(11-8)7-6(14)5(13)4(2-12)15-7;1-5(2,3)4/h1,4-7,12-14H,2H2,(H3,9,10,11);(H3,1,2,3,4)/t4-,5-,6-,7?;/m1./s1. The molecule has 1 saturated heterocycles. The Morgan fingerprint density at radius 1 is 1.35 bits per heavy atom. The molecule has 1 aromatic heterocycles. The first-order chi connectivity index (χ1) is 9.13. The van der Waals surface area contributed by atoms with E-state index in [1.807, 2.05) is 0 Å². The molecule has 4 atom stereocenters. The lowest BCUT2D eigenvalue weighted by Gasteiger charge is -2.11. The van der Waals surface area contributed by atoms with E-state index in [1.54, 1.807) is 0 Å². The van der Waals surface area contributed by atoms with E-state index < -0.39 is 32.2 Å². The van der Waals surface area contributed by atoms with Gasteiger partial charge in [-0.1, -0.05) is 0 Å².